The lowest BCUT2D eigenvalue weighted by molar-refractivity contribution is -0.116. The fourth-order valence-corrected chi connectivity index (χ4v) is 2.61. The molecule has 0 saturated heterocycles. The molecule has 2 aromatic heterocycles. The Morgan fingerprint density at radius 3 is 2.80 bits per heavy atom. The number of carbonyl (C=O) groups is 1. The summed E-state index contributed by atoms with van der Waals surface area (Å²) < 4.78 is 0. The Morgan fingerprint density at radius 1 is 1.40 bits per heavy atom. The Bertz CT molecular complexity index is 572. The lowest BCUT2D eigenvalue weighted by Crippen LogP contribution is -2.14. The molecule has 2 heterocycles. The molecule has 1 N–H and O–H groups in total. The molecule has 2 aromatic rings. The Balaban J connectivity index is 1.87. The van der Waals surface area contributed by atoms with Crippen molar-refractivity contribution in [2.24, 2.45) is 0 Å². The number of nitrogens with zero attached hydrogens (tertiary/aromatic N) is 2. The topological polar surface area (TPSA) is 54.9 Å². The zero-order chi connectivity index (χ0) is 14.6. The molecular weight excluding hydrogens is 270 g/mol. The Hall–Kier alpha value is -1.75. The van der Waals surface area contributed by atoms with E-state index < -0.39 is 0 Å². The van der Waals surface area contributed by atoms with Crippen molar-refractivity contribution in [2.45, 2.75) is 39.0 Å². The smallest absolute Gasteiger partial charge is 0.226 e. The minimum atomic E-state index is -0.0105. The van der Waals surface area contributed by atoms with Gasteiger partial charge < -0.3 is 5.32 Å². The summed E-state index contributed by atoms with van der Waals surface area (Å²) in [4.78, 5) is 20.4. The van der Waals surface area contributed by atoms with Gasteiger partial charge >= 0.3 is 0 Å². The fraction of sp³-hybridized carbons (Fsp3) is 0.400. The second-order valence-corrected chi connectivity index (χ2v) is 6.56. The molecule has 20 heavy (non-hydrogen) atoms. The third-order valence-electron chi connectivity index (χ3n) is 2.88. The zero-order valence-electron chi connectivity index (χ0n) is 12.0. The summed E-state index contributed by atoms with van der Waals surface area (Å²) in [6.45, 7) is 6.32. The van der Waals surface area contributed by atoms with Gasteiger partial charge in [0.2, 0.25) is 5.91 Å². The highest BCUT2D eigenvalue weighted by Gasteiger charge is 2.18. The Morgan fingerprint density at radius 2 is 2.20 bits per heavy atom. The van der Waals surface area contributed by atoms with Crippen molar-refractivity contribution in [3.05, 3.63) is 41.2 Å². The molecule has 0 fully saturated rings. The van der Waals surface area contributed by atoms with Crippen LogP contribution < -0.4 is 5.32 Å². The van der Waals surface area contributed by atoms with E-state index in [-0.39, 0.29) is 11.3 Å². The van der Waals surface area contributed by atoms with Crippen molar-refractivity contribution in [1.29, 1.82) is 0 Å². The Labute approximate surface area is 123 Å². The minimum Gasteiger partial charge on any atom is -0.302 e. The van der Waals surface area contributed by atoms with Gasteiger partial charge in [-0.05, 0) is 18.1 Å². The number of rotatable bonds is 4. The summed E-state index contributed by atoms with van der Waals surface area (Å²) in [5.41, 5.74) is 2.08. The van der Waals surface area contributed by atoms with E-state index >= 15 is 0 Å². The quantitative estimate of drug-likeness (QED) is 0.938. The van der Waals surface area contributed by atoms with Gasteiger partial charge in [-0.1, -0.05) is 26.8 Å². The molecule has 0 aliphatic carbocycles. The van der Waals surface area contributed by atoms with Gasteiger partial charge in [0.1, 0.15) is 0 Å². The Kier molecular flexibility index (Phi) is 4.49. The molecular formula is C15H19N3OS. The maximum atomic E-state index is 11.9. The summed E-state index contributed by atoms with van der Waals surface area (Å²) >= 11 is 1.47. The van der Waals surface area contributed by atoms with Gasteiger partial charge in [0.05, 0.1) is 5.69 Å². The number of carbonyl (C=O) groups excluding carboxylic acids is 1. The molecule has 4 nitrogen and oxygen atoms in total. The average Bonchev–Trinajstić information content (AvgIpc) is 2.86. The first-order valence-corrected chi connectivity index (χ1v) is 7.48. The average molecular weight is 289 g/mol. The number of nitrogens with one attached hydrogen (secondary N) is 1. The molecule has 0 aliphatic rings. The number of aromatic nitrogens is 2. The summed E-state index contributed by atoms with van der Waals surface area (Å²) in [6, 6.07) is 3.85. The molecule has 0 unspecified atom stereocenters. The van der Waals surface area contributed by atoms with Gasteiger partial charge in [-0.15, -0.1) is 11.3 Å². The molecule has 0 spiro atoms. The van der Waals surface area contributed by atoms with Gasteiger partial charge in [-0.3, -0.25) is 9.78 Å². The second-order valence-electron chi connectivity index (χ2n) is 5.70. The van der Waals surface area contributed by atoms with Crippen molar-refractivity contribution in [3.8, 4) is 0 Å². The van der Waals surface area contributed by atoms with Crippen LogP contribution in [0.15, 0.2) is 29.9 Å². The molecule has 0 bridgehead atoms. The lowest BCUT2D eigenvalue weighted by atomic mass is 9.93. The second kappa shape index (κ2) is 6.13. The van der Waals surface area contributed by atoms with Crippen molar-refractivity contribution >= 4 is 22.4 Å². The van der Waals surface area contributed by atoms with E-state index in [4.69, 9.17) is 0 Å². The van der Waals surface area contributed by atoms with Crippen LogP contribution in [0.4, 0.5) is 5.13 Å². The van der Waals surface area contributed by atoms with Crippen LogP contribution in [0, 0.1) is 0 Å². The van der Waals surface area contributed by atoms with Gasteiger partial charge in [0.25, 0.3) is 0 Å². The summed E-state index contributed by atoms with van der Waals surface area (Å²) in [7, 11) is 0. The third kappa shape index (κ3) is 4.13. The molecule has 2 rings (SSSR count). The lowest BCUT2D eigenvalue weighted by Gasteiger charge is -2.14. The first-order chi connectivity index (χ1) is 9.45. The van der Waals surface area contributed by atoms with Crippen LogP contribution in [-0.2, 0) is 16.6 Å². The number of hydrogen-bond donors (Lipinski definition) is 1. The number of amides is 1. The van der Waals surface area contributed by atoms with Gasteiger partial charge in [0, 0.05) is 29.6 Å². The predicted octanol–water partition coefficient (Wildman–Crippen LogP) is 3.41. The minimum absolute atomic E-state index is 0.00911. The van der Waals surface area contributed by atoms with E-state index in [9.17, 15) is 4.79 Å². The maximum absolute atomic E-state index is 11.9. The zero-order valence-corrected chi connectivity index (χ0v) is 12.8. The first kappa shape index (κ1) is 14.7. The molecule has 0 radical (unpaired) electrons. The van der Waals surface area contributed by atoms with Crippen LogP contribution in [0.25, 0.3) is 0 Å². The molecule has 1 amide bonds. The summed E-state index contributed by atoms with van der Waals surface area (Å²) in [5, 5.41) is 5.52. The number of anilines is 1. The molecule has 0 saturated carbocycles. The molecule has 0 aromatic carbocycles. The molecule has 0 atom stereocenters. The van der Waals surface area contributed by atoms with Crippen molar-refractivity contribution in [3.63, 3.8) is 0 Å². The van der Waals surface area contributed by atoms with Crippen LogP contribution in [0.1, 0.15) is 38.4 Å². The van der Waals surface area contributed by atoms with E-state index in [1.54, 1.807) is 12.4 Å². The van der Waals surface area contributed by atoms with E-state index in [0.717, 1.165) is 11.3 Å². The summed E-state index contributed by atoms with van der Waals surface area (Å²) in [6.07, 6.45) is 4.65. The van der Waals surface area contributed by atoms with E-state index in [1.807, 2.05) is 17.5 Å². The number of hydrogen-bond acceptors (Lipinski definition) is 4. The fourth-order valence-electron chi connectivity index (χ4n) is 1.66. The largest absolute Gasteiger partial charge is 0.302 e. The maximum Gasteiger partial charge on any atom is 0.226 e. The van der Waals surface area contributed by atoms with Gasteiger partial charge in [-0.2, -0.15) is 0 Å². The monoisotopic (exact) mass is 289 g/mol. The van der Waals surface area contributed by atoms with Crippen molar-refractivity contribution in [1.82, 2.24) is 9.97 Å². The van der Waals surface area contributed by atoms with Crippen molar-refractivity contribution < 1.29 is 4.79 Å². The molecule has 106 valence electrons. The van der Waals surface area contributed by atoms with Gasteiger partial charge in [0.15, 0.2) is 5.13 Å². The highest BCUT2D eigenvalue weighted by atomic mass is 32.1. The van der Waals surface area contributed by atoms with Crippen molar-refractivity contribution in [2.75, 3.05) is 5.32 Å². The van der Waals surface area contributed by atoms with Crippen LogP contribution in [-0.4, -0.2) is 15.9 Å². The normalized spacial score (nSPS) is 11.3. The van der Waals surface area contributed by atoms with Crippen LogP contribution in [0.5, 0.6) is 0 Å². The molecule has 0 aliphatic heterocycles. The number of pyridine rings is 1. The standard InChI is InChI=1S/C15H19N3OS/c1-15(2,3)12-10-20-14(17-12)18-13(19)7-6-11-5-4-8-16-9-11/h4-5,8-10H,6-7H2,1-3H3,(H,17,18,19). The summed E-state index contributed by atoms with van der Waals surface area (Å²) in [5.74, 6) is -0.0105. The van der Waals surface area contributed by atoms with E-state index in [0.29, 0.717) is 18.0 Å². The molecule has 5 heteroatoms. The highest BCUT2D eigenvalue weighted by molar-refractivity contribution is 7.13. The van der Waals surface area contributed by atoms with Crippen LogP contribution in [0.3, 0.4) is 0 Å². The third-order valence-corrected chi connectivity index (χ3v) is 3.64. The van der Waals surface area contributed by atoms with Gasteiger partial charge in [-0.25, -0.2) is 4.98 Å². The number of aryl methyl sites for hydroxylation is 1. The SMILES string of the molecule is CC(C)(C)c1csc(NC(=O)CCc2cccnc2)n1. The van der Waals surface area contributed by atoms with E-state index in [1.165, 1.54) is 11.3 Å². The number of thiazole rings is 1. The predicted molar refractivity (Wildman–Crippen MR) is 82.0 cm³/mol. The first-order valence-electron chi connectivity index (χ1n) is 6.60. The van der Waals surface area contributed by atoms with Crippen LogP contribution >= 0.6 is 11.3 Å². The van der Waals surface area contributed by atoms with E-state index in [2.05, 4.69) is 36.1 Å². The van der Waals surface area contributed by atoms with Crippen LogP contribution in [0.2, 0.25) is 0 Å². The highest BCUT2D eigenvalue weighted by Crippen LogP contribution is 2.26.